The molecule has 0 aromatic heterocycles. The summed E-state index contributed by atoms with van der Waals surface area (Å²) in [6.45, 7) is 0. The Balaban J connectivity index is 0.000000853. The van der Waals surface area contributed by atoms with Crippen LogP contribution in [0.4, 0.5) is 11.4 Å². The number of hydrogen-bond acceptors (Lipinski definition) is 2. The summed E-state index contributed by atoms with van der Waals surface area (Å²) in [6, 6.07) is 5.71. The predicted octanol–water partition coefficient (Wildman–Crippen LogP) is 2.06. The number of carbonyl (C=O) groups is 1. The Bertz CT molecular complexity index is 427. The van der Waals surface area contributed by atoms with Crippen LogP contribution in [0.1, 0.15) is 24.8 Å². The smallest absolute Gasteiger partial charge is 0.235 e. The monoisotopic (exact) mass is 224 g/mol. The highest BCUT2D eigenvalue weighted by Gasteiger charge is 2.50. The van der Waals surface area contributed by atoms with Gasteiger partial charge in [-0.05, 0) is 30.5 Å². The molecular formula is C11H13ClN2O. The molecule has 1 aliphatic heterocycles. The summed E-state index contributed by atoms with van der Waals surface area (Å²) in [7, 11) is 0. The maximum atomic E-state index is 11.8. The standard InChI is InChI=1S/C11H12N2O.ClH/c12-7-2-3-8-9(6-7)13-10(14)11(8)4-1-5-11;/h2-3,6H,1,4-5,12H2,(H,13,14);1H. The molecule has 0 radical (unpaired) electrons. The van der Waals surface area contributed by atoms with Gasteiger partial charge in [-0.3, -0.25) is 4.79 Å². The van der Waals surface area contributed by atoms with Crippen LogP contribution < -0.4 is 11.1 Å². The number of halogens is 1. The van der Waals surface area contributed by atoms with E-state index in [9.17, 15) is 4.79 Å². The number of nitrogen functional groups attached to an aromatic ring is 1. The van der Waals surface area contributed by atoms with E-state index in [1.807, 2.05) is 18.2 Å². The predicted molar refractivity (Wildman–Crippen MR) is 62.3 cm³/mol. The summed E-state index contributed by atoms with van der Waals surface area (Å²) in [4.78, 5) is 11.8. The first-order valence-electron chi connectivity index (χ1n) is 4.94. The van der Waals surface area contributed by atoms with E-state index in [1.165, 1.54) is 0 Å². The van der Waals surface area contributed by atoms with Gasteiger partial charge in [0.1, 0.15) is 0 Å². The Morgan fingerprint density at radius 1 is 1.33 bits per heavy atom. The third kappa shape index (κ3) is 1.16. The van der Waals surface area contributed by atoms with E-state index in [4.69, 9.17) is 5.73 Å². The van der Waals surface area contributed by atoms with E-state index in [1.54, 1.807) is 0 Å². The summed E-state index contributed by atoms with van der Waals surface area (Å²) in [5.41, 5.74) is 8.23. The van der Waals surface area contributed by atoms with Crippen molar-refractivity contribution in [2.24, 2.45) is 0 Å². The van der Waals surface area contributed by atoms with Crippen molar-refractivity contribution in [1.82, 2.24) is 0 Å². The highest BCUT2D eigenvalue weighted by Crippen LogP contribution is 2.51. The molecule has 1 spiro atoms. The SMILES string of the molecule is Cl.Nc1ccc2c(c1)NC(=O)C21CCC1. The minimum atomic E-state index is -0.205. The van der Waals surface area contributed by atoms with Crippen LogP contribution in [0.3, 0.4) is 0 Å². The number of fused-ring (bicyclic) bond motifs is 2. The molecule has 1 saturated carbocycles. The fourth-order valence-electron chi connectivity index (χ4n) is 2.47. The molecule has 1 aromatic carbocycles. The summed E-state index contributed by atoms with van der Waals surface area (Å²) < 4.78 is 0. The Kier molecular flexibility index (Phi) is 2.15. The molecule has 15 heavy (non-hydrogen) atoms. The van der Waals surface area contributed by atoms with E-state index in [0.717, 1.165) is 30.5 Å². The molecule has 80 valence electrons. The molecule has 1 heterocycles. The molecule has 3 nitrogen and oxygen atoms in total. The van der Waals surface area contributed by atoms with Crippen molar-refractivity contribution in [3.63, 3.8) is 0 Å². The number of rotatable bonds is 0. The Morgan fingerprint density at radius 3 is 2.67 bits per heavy atom. The van der Waals surface area contributed by atoms with Crippen LogP contribution >= 0.6 is 12.4 Å². The van der Waals surface area contributed by atoms with Crippen LogP contribution in [0.2, 0.25) is 0 Å². The van der Waals surface area contributed by atoms with Crippen LogP contribution in [0.25, 0.3) is 0 Å². The minimum Gasteiger partial charge on any atom is -0.399 e. The van der Waals surface area contributed by atoms with Crippen molar-refractivity contribution < 1.29 is 4.79 Å². The third-order valence-corrected chi connectivity index (χ3v) is 3.45. The Hall–Kier alpha value is -1.22. The van der Waals surface area contributed by atoms with E-state index in [2.05, 4.69) is 5.32 Å². The Labute approximate surface area is 94.4 Å². The average Bonchev–Trinajstić information content (AvgIpc) is 2.34. The van der Waals surface area contributed by atoms with Crippen LogP contribution in [0.5, 0.6) is 0 Å². The first-order chi connectivity index (χ1) is 6.72. The lowest BCUT2D eigenvalue weighted by Gasteiger charge is -2.36. The van der Waals surface area contributed by atoms with Crippen molar-refractivity contribution in [3.05, 3.63) is 23.8 Å². The third-order valence-electron chi connectivity index (χ3n) is 3.45. The van der Waals surface area contributed by atoms with E-state index in [-0.39, 0.29) is 23.7 Å². The fourth-order valence-corrected chi connectivity index (χ4v) is 2.47. The van der Waals surface area contributed by atoms with Gasteiger partial charge in [-0.1, -0.05) is 12.5 Å². The van der Waals surface area contributed by atoms with Crippen LogP contribution in [0, 0.1) is 0 Å². The maximum Gasteiger partial charge on any atom is 0.235 e. The molecule has 1 amide bonds. The zero-order valence-electron chi connectivity index (χ0n) is 8.25. The van der Waals surface area contributed by atoms with Gasteiger partial charge in [-0.25, -0.2) is 0 Å². The quantitative estimate of drug-likeness (QED) is 0.663. The van der Waals surface area contributed by atoms with Gasteiger partial charge >= 0.3 is 0 Å². The highest BCUT2D eigenvalue weighted by atomic mass is 35.5. The van der Waals surface area contributed by atoms with Crippen molar-refractivity contribution in [3.8, 4) is 0 Å². The lowest BCUT2D eigenvalue weighted by atomic mass is 9.65. The van der Waals surface area contributed by atoms with Gasteiger partial charge in [-0.15, -0.1) is 12.4 Å². The zero-order chi connectivity index (χ0) is 9.76. The largest absolute Gasteiger partial charge is 0.399 e. The summed E-state index contributed by atoms with van der Waals surface area (Å²) in [6.07, 6.45) is 3.11. The summed E-state index contributed by atoms with van der Waals surface area (Å²) >= 11 is 0. The van der Waals surface area contributed by atoms with E-state index < -0.39 is 0 Å². The van der Waals surface area contributed by atoms with Crippen LogP contribution in [-0.4, -0.2) is 5.91 Å². The number of nitrogens with one attached hydrogen (secondary N) is 1. The lowest BCUT2D eigenvalue weighted by Crippen LogP contribution is -2.40. The molecule has 4 heteroatoms. The molecule has 1 fully saturated rings. The summed E-state index contributed by atoms with van der Waals surface area (Å²) in [5.74, 6) is 0.157. The van der Waals surface area contributed by atoms with Crippen LogP contribution in [0.15, 0.2) is 18.2 Å². The number of benzene rings is 1. The van der Waals surface area contributed by atoms with Crippen molar-refractivity contribution in [1.29, 1.82) is 0 Å². The lowest BCUT2D eigenvalue weighted by molar-refractivity contribution is -0.123. The second-order valence-corrected chi connectivity index (χ2v) is 4.19. The van der Waals surface area contributed by atoms with Gasteiger partial charge in [0.2, 0.25) is 5.91 Å². The molecular weight excluding hydrogens is 212 g/mol. The van der Waals surface area contributed by atoms with Gasteiger partial charge < -0.3 is 11.1 Å². The number of carbonyl (C=O) groups excluding carboxylic acids is 1. The number of nitrogens with two attached hydrogens (primary N) is 1. The van der Waals surface area contributed by atoms with E-state index >= 15 is 0 Å². The molecule has 2 aliphatic rings. The normalized spacial score (nSPS) is 20.1. The molecule has 3 rings (SSSR count). The number of hydrogen-bond donors (Lipinski definition) is 2. The topological polar surface area (TPSA) is 55.1 Å². The van der Waals surface area contributed by atoms with Crippen molar-refractivity contribution >= 4 is 29.7 Å². The van der Waals surface area contributed by atoms with Gasteiger partial charge in [0.25, 0.3) is 0 Å². The van der Waals surface area contributed by atoms with Gasteiger partial charge in [-0.2, -0.15) is 0 Å². The molecule has 0 saturated heterocycles. The van der Waals surface area contributed by atoms with Gasteiger partial charge in [0.05, 0.1) is 5.41 Å². The zero-order valence-corrected chi connectivity index (χ0v) is 9.06. The molecule has 0 unspecified atom stereocenters. The Morgan fingerprint density at radius 2 is 2.07 bits per heavy atom. The maximum absolute atomic E-state index is 11.8. The van der Waals surface area contributed by atoms with Crippen LogP contribution in [-0.2, 0) is 10.2 Å². The highest BCUT2D eigenvalue weighted by molar-refractivity contribution is 6.07. The first-order valence-corrected chi connectivity index (χ1v) is 4.94. The average molecular weight is 225 g/mol. The molecule has 1 aliphatic carbocycles. The second-order valence-electron chi connectivity index (χ2n) is 4.19. The number of amides is 1. The second kappa shape index (κ2) is 3.14. The molecule has 0 bridgehead atoms. The minimum absolute atomic E-state index is 0. The number of anilines is 2. The molecule has 1 aromatic rings. The summed E-state index contributed by atoms with van der Waals surface area (Å²) in [5, 5.41) is 2.91. The van der Waals surface area contributed by atoms with Crippen molar-refractivity contribution in [2.75, 3.05) is 11.1 Å². The van der Waals surface area contributed by atoms with E-state index in [0.29, 0.717) is 5.69 Å². The molecule has 3 N–H and O–H groups in total. The molecule has 0 atom stereocenters. The fraction of sp³-hybridized carbons (Fsp3) is 0.364. The van der Waals surface area contributed by atoms with Gasteiger partial charge in [0, 0.05) is 11.4 Å². The van der Waals surface area contributed by atoms with Crippen molar-refractivity contribution in [2.45, 2.75) is 24.7 Å². The van der Waals surface area contributed by atoms with Gasteiger partial charge in [0.15, 0.2) is 0 Å². The first kappa shape index (κ1) is 10.3.